The van der Waals surface area contributed by atoms with Crippen molar-refractivity contribution < 1.29 is 9.84 Å². The molecular formula is C17H21N3O2S. The molecule has 1 fully saturated rings. The number of benzene rings is 1. The predicted octanol–water partition coefficient (Wildman–Crippen LogP) is 2.16. The summed E-state index contributed by atoms with van der Waals surface area (Å²) in [6, 6.07) is 10.2. The summed E-state index contributed by atoms with van der Waals surface area (Å²) in [5, 5.41) is 19.1. The fraction of sp³-hybridized carbons (Fsp3) is 0.412. The molecular weight excluding hydrogens is 310 g/mol. The van der Waals surface area contributed by atoms with Gasteiger partial charge in [0.2, 0.25) is 0 Å². The normalized spacial score (nSPS) is 16.0. The zero-order chi connectivity index (χ0) is 16.1. The molecule has 23 heavy (non-hydrogen) atoms. The van der Waals surface area contributed by atoms with Crippen LogP contribution in [0.5, 0.6) is 0 Å². The molecule has 0 atom stereocenters. The summed E-state index contributed by atoms with van der Waals surface area (Å²) in [4.78, 5) is 0. The van der Waals surface area contributed by atoms with Crippen LogP contribution in [0, 0.1) is 5.41 Å². The number of aromatic nitrogens is 3. The van der Waals surface area contributed by atoms with Crippen LogP contribution in [-0.2, 0) is 17.7 Å². The average molecular weight is 331 g/mol. The van der Waals surface area contributed by atoms with E-state index in [0.717, 1.165) is 23.2 Å². The molecule has 1 aliphatic heterocycles. The van der Waals surface area contributed by atoms with Gasteiger partial charge in [-0.1, -0.05) is 48.2 Å². The van der Waals surface area contributed by atoms with Crippen molar-refractivity contribution in [2.45, 2.75) is 18.1 Å². The van der Waals surface area contributed by atoms with Gasteiger partial charge in [0.05, 0.1) is 19.8 Å². The van der Waals surface area contributed by atoms with Crippen LogP contribution in [0.2, 0.25) is 0 Å². The molecule has 0 bridgehead atoms. The SMILES string of the molecule is C=CCn1c(Cc2ccccc2)nnc1SCC1(CO)COC1. The lowest BCUT2D eigenvalue weighted by molar-refractivity contribution is -0.121. The van der Waals surface area contributed by atoms with Gasteiger partial charge in [0.1, 0.15) is 5.82 Å². The van der Waals surface area contributed by atoms with Crippen LogP contribution in [0.4, 0.5) is 0 Å². The topological polar surface area (TPSA) is 60.2 Å². The highest BCUT2D eigenvalue weighted by molar-refractivity contribution is 7.99. The molecule has 3 rings (SSSR count). The van der Waals surface area contributed by atoms with Crippen molar-refractivity contribution in [3.8, 4) is 0 Å². The van der Waals surface area contributed by atoms with Crippen molar-refractivity contribution in [1.29, 1.82) is 0 Å². The molecule has 2 heterocycles. The molecule has 0 unspecified atom stereocenters. The fourth-order valence-electron chi connectivity index (χ4n) is 2.48. The summed E-state index contributed by atoms with van der Waals surface area (Å²) in [6.45, 7) is 5.89. The van der Waals surface area contributed by atoms with Crippen molar-refractivity contribution in [3.05, 3.63) is 54.4 Å². The maximum absolute atomic E-state index is 9.53. The number of aliphatic hydroxyl groups is 1. The first-order valence-corrected chi connectivity index (χ1v) is 8.63. The number of nitrogens with zero attached hydrogens (tertiary/aromatic N) is 3. The molecule has 1 aromatic carbocycles. The summed E-state index contributed by atoms with van der Waals surface area (Å²) in [5.41, 5.74) is 1.08. The van der Waals surface area contributed by atoms with Crippen LogP contribution in [0.15, 0.2) is 48.1 Å². The summed E-state index contributed by atoms with van der Waals surface area (Å²) in [5.74, 6) is 1.71. The molecule has 5 nitrogen and oxygen atoms in total. The Hall–Kier alpha value is -1.63. The molecule has 0 aliphatic carbocycles. The van der Waals surface area contributed by atoms with Gasteiger partial charge >= 0.3 is 0 Å². The molecule has 2 aromatic rings. The van der Waals surface area contributed by atoms with Gasteiger partial charge in [0.15, 0.2) is 5.16 Å². The first kappa shape index (κ1) is 16.2. The van der Waals surface area contributed by atoms with E-state index in [9.17, 15) is 5.11 Å². The zero-order valence-electron chi connectivity index (χ0n) is 13.0. The van der Waals surface area contributed by atoms with Crippen LogP contribution in [0.1, 0.15) is 11.4 Å². The maximum atomic E-state index is 9.53. The van der Waals surface area contributed by atoms with Crippen molar-refractivity contribution in [1.82, 2.24) is 14.8 Å². The summed E-state index contributed by atoms with van der Waals surface area (Å²) < 4.78 is 7.34. The summed E-state index contributed by atoms with van der Waals surface area (Å²) in [7, 11) is 0. The lowest BCUT2D eigenvalue weighted by atomic mass is 9.90. The Kier molecular flexibility index (Phi) is 5.15. The van der Waals surface area contributed by atoms with Gasteiger partial charge in [-0.05, 0) is 5.56 Å². The second kappa shape index (κ2) is 7.29. The third-order valence-electron chi connectivity index (χ3n) is 3.97. The Morgan fingerprint density at radius 3 is 2.70 bits per heavy atom. The second-order valence-electron chi connectivity index (χ2n) is 5.90. The smallest absolute Gasteiger partial charge is 0.191 e. The zero-order valence-corrected chi connectivity index (χ0v) is 13.8. The van der Waals surface area contributed by atoms with Gasteiger partial charge in [0, 0.05) is 24.1 Å². The van der Waals surface area contributed by atoms with E-state index in [-0.39, 0.29) is 12.0 Å². The predicted molar refractivity (Wildman–Crippen MR) is 90.5 cm³/mol. The first-order chi connectivity index (χ1) is 11.3. The highest BCUT2D eigenvalue weighted by Crippen LogP contribution is 2.33. The van der Waals surface area contributed by atoms with E-state index in [2.05, 4.69) is 33.5 Å². The van der Waals surface area contributed by atoms with E-state index in [1.54, 1.807) is 11.8 Å². The minimum atomic E-state index is -0.130. The van der Waals surface area contributed by atoms with Crippen LogP contribution >= 0.6 is 11.8 Å². The molecule has 1 N–H and O–H groups in total. The number of allylic oxidation sites excluding steroid dienone is 1. The van der Waals surface area contributed by atoms with E-state index >= 15 is 0 Å². The van der Waals surface area contributed by atoms with Gasteiger partial charge in [-0.2, -0.15) is 0 Å². The lowest BCUT2D eigenvalue weighted by Crippen LogP contribution is -2.47. The van der Waals surface area contributed by atoms with E-state index in [4.69, 9.17) is 4.74 Å². The van der Waals surface area contributed by atoms with Crippen molar-refractivity contribution in [3.63, 3.8) is 0 Å². The van der Waals surface area contributed by atoms with E-state index in [1.165, 1.54) is 5.56 Å². The monoisotopic (exact) mass is 331 g/mol. The van der Waals surface area contributed by atoms with Gasteiger partial charge in [-0.3, -0.25) is 0 Å². The molecule has 0 amide bonds. The number of aliphatic hydroxyl groups excluding tert-OH is 1. The fourth-order valence-corrected chi connectivity index (χ4v) is 3.60. The third kappa shape index (κ3) is 3.65. The molecule has 0 radical (unpaired) electrons. The van der Waals surface area contributed by atoms with Crippen LogP contribution in [0.3, 0.4) is 0 Å². The third-order valence-corrected chi connectivity index (χ3v) is 5.29. The van der Waals surface area contributed by atoms with Crippen LogP contribution < -0.4 is 0 Å². The lowest BCUT2D eigenvalue weighted by Gasteiger charge is -2.39. The standard InChI is InChI=1S/C17H21N3O2S/c1-2-8-20-15(9-14-6-4-3-5-7-14)18-19-16(20)23-13-17(10-21)11-22-12-17/h2-7,21H,1,8-13H2. The van der Waals surface area contributed by atoms with Crippen molar-refractivity contribution in [2.75, 3.05) is 25.6 Å². The van der Waals surface area contributed by atoms with E-state index in [1.807, 2.05) is 24.3 Å². The highest BCUT2D eigenvalue weighted by atomic mass is 32.2. The first-order valence-electron chi connectivity index (χ1n) is 7.65. The number of ether oxygens (including phenoxy) is 1. The molecule has 0 spiro atoms. The van der Waals surface area contributed by atoms with Gasteiger partial charge in [-0.15, -0.1) is 16.8 Å². The van der Waals surface area contributed by atoms with Gasteiger partial charge in [0.25, 0.3) is 0 Å². The second-order valence-corrected chi connectivity index (χ2v) is 6.84. The summed E-state index contributed by atoms with van der Waals surface area (Å²) >= 11 is 1.63. The Labute approximate surface area is 140 Å². The Morgan fingerprint density at radius 1 is 1.30 bits per heavy atom. The van der Waals surface area contributed by atoms with Gasteiger partial charge < -0.3 is 14.4 Å². The van der Waals surface area contributed by atoms with Gasteiger partial charge in [-0.25, -0.2) is 0 Å². The summed E-state index contributed by atoms with van der Waals surface area (Å²) in [6.07, 6.45) is 2.60. The molecule has 1 aromatic heterocycles. The molecule has 1 saturated heterocycles. The van der Waals surface area contributed by atoms with E-state index in [0.29, 0.717) is 19.8 Å². The van der Waals surface area contributed by atoms with Crippen molar-refractivity contribution in [2.24, 2.45) is 5.41 Å². The Morgan fingerprint density at radius 2 is 2.09 bits per heavy atom. The number of hydrogen-bond acceptors (Lipinski definition) is 5. The Balaban J connectivity index is 1.74. The quantitative estimate of drug-likeness (QED) is 0.593. The van der Waals surface area contributed by atoms with Crippen molar-refractivity contribution >= 4 is 11.8 Å². The molecule has 1 aliphatic rings. The maximum Gasteiger partial charge on any atom is 0.191 e. The largest absolute Gasteiger partial charge is 0.396 e. The minimum absolute atomic E-state index is 0.130. The number of thioether (sulfide) groups is 1. The highest BCUT2D eigenvalue weighted by Gasteiger charge is 2.38. The number of rotatable bonds is 8. The minimum Gasteiger partial charge on any atom is -0.396 e. The average Bonchev–Trinajstić information content (AvgIpc) is 2.91. The molecule has 0 saturated carbocycles. The molecule has 6 heteroatoms. The van der Waals surface area contributed by atoms with E-state index < -0.39 is 0 Å². The number of hydrogen-bond donors (Lipinski definition) is 1. The van der Waals surface area contributed by atoms with Crippen LogP contribution in [0.25, 0.3) is 0 Å². The van der Waals surface area contributed by atoms with Crippen LogP contribution in [-0.4, -0.2) is 45.4 Å². The Bertz CT molecular complexity index is 648. The molecule has 122 valence electrons.